The Morgan fingerprint density at radius 3 is 2.62 bits per heavy atom. The zero-order chi connectivity index (χ0) is 24.1. The second-order valence-electron chi connectivity index (χ2n) is 8.04. The molecule has 3 heterocycles. The monoisotopic (exact) mass is 464 g/mol. The van der Waals surface area contributed by atoms with E-state index in [0.717, 1.165) is 18.2 Å². The lowest BCUT2D eigenvalue weighted by Crippen LogP contribution is -2.62. The molecule has 2 aliphatic rings. The summed E-state index contributed by atoms with van der Waals surface area (Å²) in [6, 6.07) is 10.9. The van der Waals surface area contributed by atoms with E-state index in [0.29, 0.717) is 5.56 Å². The highest BCUT2D eigenvalue weighted by Crippen LogP contribution is 2.42. The van der Waals surface area contributed by atoms with Crippen LogP contribution in [0.5, 0.6) is 11.5 Å². The van der Waals surface area contributed by atoms with Gasteiger partial charge in [0.15, 0.2) is 23.1 Å². The normalized spacial score (nSPS) is 19.2. The fourth-order valence-electron chi connectivity index (χ4n) is 4.60. The van der Waals surface area contributed by atoms with Crippen LogP contribution in [0.1, 0.15) is 39.6 Å². The van der Waals surface area contributed by atoms with E-state index in [1.165, 1.54) is 22.8 Å². The van der Waals surface area contributed by atoms with Gasteiger partial charge in [-0.15, -0.1) is 0 Å². The van der Waals surface area contributed by atoms with Crippen LogP contribution in [-0.2, 0) is 0 Å². The summed E-state index contributed by atoms with van der Waals surface area (Å²) in [6.07, 6.45) is 0.942. The number of aromatic nitrogens is 1. The Morgan fingerprint density at radius 1 is 1.12 bits per heavy atom. The molecular weight excluding hydrogens is 446 g/mol. The minimum atomic E-state index is -1.11. The van der Waals surface area contributed by atoms with Gasteiger partial charge < -0.3 is 14.7 Å². The van der Waals surface area contributed by atoms with Crippen molar-refractivity contribution in [3.05, 3.63) is 92.9 Å². The highest BCUT2D eigenvalue weighted by atomic mass is 19.2. The topological polar surface area (TPSA) is 98.8 Å². The first-order valence-electron chi connectivity index (χ1n) is 10.4. The van der Waals surface area contributed by atoms with E-state index in [2.05, 4.69) is 6.07 Å². The van der Waals surface area contributed by atoms with E-state index in [9.17, 15) is 28.7 Å². The Labute approximate surface area is 192 Å². The van der Waals surface area contributed by atoms with Gasteiger partial charge in [0.1, 0.15) is 18.0 Å². The number of halogens is 2. The molecule has 0 bridgehead atoms. The van der Waals surface area contributed by atoms with Crippen LogP contribution in [0.3, 0.4) is 0 Å². The number of benzene rings is 2. The van der Waals surface area contributed by atoms with Gasteiger partial charge in [-0.05, 0) is 17.7 Å². The fraction of sp³-hybridized carbons (Fsp3) is 0.208. The first-order chi connectivity index (χ1) is 16.3. The summed E-state index contributed by atoms with van der Waals surface area (Å²) in [7, 11) is 1.52. The summed E-state index contributed by atoms with van der Waals surface area (Å²) >= 11 is 0. The number of pyridine rings is 1. The highest BCUT2D eigenvalue weighted by molar-refractivity contribution is 5.96. The third kappa shape index (κ3) is 3.08. The van der Waals surface area contributed by atoms with Crippen molar-refractivity contribution < 1.29 is 23.4 Å². The number of ether oxygens (including phenoxy) is 1. The molecule has 1 amide bonds. The van der Waals surface area contributed by atoms with Gasteiger partial charge in [-0.1, -0.05) is 18.2 Å². The second kappa shape index (κ2) is 7.88. The van der Waals surface area contributed by atoms with Crippen molar-refractivity contribution in [1.29, 1.82) is 5.26 Å². The summed E-state index contributed by atoms with van der Waals surface area (Å²) in [5, 5.41) is 22.0. The Hall–Kier alpha value is -4.39. The lowest BCUT2D eigenvalue weighted by Gasteiger charge is -2.50. The van der Waals surface area contributed by atoms with E-state index in [4.69, 9.17) is 4.74 Å². The number of hydrogen-bond donors (Lipinski definition) is 1. The molecule has 0 saturated heterocycles. The van der Waals surface area contributed by atoms with Gasteiger partial charge in [0, 0.05) is 37.4 Å². The summed E-state index contributed by atoms with van der Waals surface area (Å²) in [6.45, 7) is 0.0744. The summed E-state index contributed by atoms with van der Waals surface area (Å²) in [4.78, 5) is 26.6. The smallest absolute Gasteiger partial charge is 0.277 e. The SMILES string of the molecule is CN1C(=O)c2c(O)c(=O)ccn2N2[C@@H](c3ccccc3C#N)c3cc(F)c(F)cc3OCC[C@H]12. The van der Waals surface area contributed by atoms with Crippen LogP contribution in [0.25, 0.3) is 0 Å². The molecule has 2 atom stereocenters. The Balaban J connectivity index is 1.89. The number of carbonyl (C=O) groups excluding carboxylic acids is 1. The van der Waals surface area contributed by atoms with Crippen molar-refractivity contribution in [3.8, 4) is 17.6 Å². The predicted octanol–water partition coefficient (Wildman–Crippen LogP) is 2.63. The van der Waals surface area contributed by atoms with Crippen molar-refractivity contribution in [2.45, 2.75) is 18.6 Å². The predicted molar refractivity (Wildman–Crippen MR) is 116 cm³/mol. The number of fused-ring (bicyclic) bond motifs is 4. The molecule has 34 heavy (non-hydrogen) atoms. The fourth-order valence-corrected chi connectivity index (χ4v) is 4.60. The number of nitriles is 1. The molecule has 1 aromatic heterocycles. The molecule has 8 nitrogen and oxygen atoms in total. The van der Waals surface area contributed by atoms with Crippen LogP contribution in [0, 0.1) is 23.0 Å². The molecule has 0 fully saturated rings. The maximum Gasteiger partial charge on any atom is 0.277 e. The molecule has 5 rings (SSSR count). The molecular formula is C24H18F2N4O4. The zero-order valence-corrected chi connectivity index (χ0v) is 17.9. The van der Waals surface area contributed by atoms with Gasteiger partial charge in [0.2, 0.25) is 5.43 Å². The Bertz CT molecular complexity index is 1430. The lowest BCUT2D eigenvalue weighted by atomic mass is 9.92. The molecule has 0 aliphatic carbocycles. The molecule has 172 valence electrons. The van der Waals surface area contributed by atoms with Crippen LogP contribution < -0.4 is 15.2 Å². The minimum Gasteiger partial charge on any atom is -0.502 e. The van der Waals surface area contributed by atoms with Crippen LogP contribution in [0.4, 0.5) is 8.78 Å². The number of aromatic hydroxyl groups is 1. The summed E-state index contributed by atoms with van der Waals surface area (Å²) < 4.78 is 35.8. The largest absolute Gasteiger partial charge is 0.502 e. The lowest BCUT2D eigenvalue weighted by molar-refractivity contribution is 0.0573. The summed E-state index contributed by atoms with van der Waals surface area (Å²) in [5.74, 6) is -3.43. The Morgan fingerprint density at radius 2 is 1.85 bits per heavy atom. The number of carbonyl (C=O) groups is 1. The number of hydrogen-bond acceptors (Lipinski definition) is 6. The van der Waals surface area contributed by atoms with Crippen molar-refractivity contribution in [2.75, 3.05) is 18.7 Å². The molecule has 0 unspecified atom stereocenters. The zero-order valence-electron chi connectivity index (χ0n) is 17.9. The van der Waals surface area contributed by atoms with Crippen LogP contribution >= 0.6 is 0 Å². The van der Waals surface area contributed by atoms with Gasteiger partial charge in [-0.2, -0.15) is 5.26 Å². The minimum absolute atomic E-state index is 0.0744. The molecule has 2 aliphatic heterocycles. The summed E-state index contributed by atoms with van der Waals surface area (Å²) in [5.41, 5.74) is -0.0626. The number of rotatable bonds is 1. The van der Waals surface area contributed by atoms with Gasteiger partial charge >= 0.3 is 0 Å². The van der Waals surface area contributed by atoms with Crippen molar-refractivity contribution in [2.24, 2.45) is 0 Å². The molecule has 2 aromatic carbocycles. The van der Waals surface area contributed by atoms with Gasteiger partial charge in [0.05, 0.1) is 18.2 Å². The van der Waals surface area contributed by atoms with Crippen molar-refractivity contribution >= 4 is 5.91 Å². The van der Waals surface area contributed by atoms with E-state index >= 15 is 0 Å². The second-order valence-corrected chi connectivity index (χ2v) is 8.04. The maximum atomic E-state index is 14.5. The van der Waals surface area contributed by atoms with E-state index in [1.807, 2.05) is 0 Å². The standard InChI is InChI=1S/C24H18F2N4O4/c1-28-20-7-9-34-19-11-17(26)16(25)10-15(19)21(14-5-3-2-4-13(14)12-27)30(20)29-8-6-18(31)23(32)22(29)24(28)33/h2-6,8,10-11,20-21,32H,7,9H2,1H3/t20-,21+/m1/s1. The molecule has 0 radical (unpaired) electrons. The molecule has 10 heteroatoms. The van der Waals surface area contributed by atoms with E-state index in [1.54, 1.807) is 29.3 Å². The van der Waals surface area contributed by atoms with E-state index in [-0.39, 0.29) is 35.6 Å². The third-order valence-electron chi connectivity index (χ3n) is 6.20. The third-order valence-corrected chi connectivity index (χ3v) is 6.20. The molecule has 1 N–H and O–H groups in total. The number of amides is 1. The Kier molecular flexibility index (Phi) is 4.97. The average molecular weight is 464 g/mol. The van der Waals surface area contributed by atoms with Crippen molar-refractivity contribution in [1.82, 2.24) is 9.58 Å². The van der Waals surface area contributed by atoms with Gasteiger partial charge in [-0.25, -0.2) is 8.78 Å². The van der Waals surface area contributed by atoms with Gasteiger partial charge in [0.25, 0.3) is 5.91 Å². The quantitative estimate of drug-likeness (QED) is 0.595. The average Bonchev–Trinajstić information content (AvgIpc) is 2.82. The molecule has 3 aromatic rings. The molecule has 0 saturated carbocycles. The first-order valence-corrected chi connectivity index (χ1v) is 10.4. The first kappa shape index (κ1) is 21.5. The van der Waals surface area contributed by atoms with Gasteiger partial charge in [-0.3, -0.25) is 19.3 Å². The van der Waals surface area contributed by atoms with Crippen LogP contribution in [0.15, 0.2) is 53.5 Å². The number of nitrogens with zero attached hydrogens (tertiary/aromatic N) is 4. The van der Waals surface area contributed by atoms with E-state index < -0.39 is 40.9 Å². The van der Waals surface area contributed by atoms with Crippen LogP contribution in [-0.4, -0.2) is 40.4 Å². The molecule has 0 spiro atoms. The van der Waals surface area contributed by atoms with Crippen LogP contribution in [0.2, 0.25) is 0 Å². The maximum absolute atomic E-state index is 14.5. The van der Waals surface area contributed by atoms with Crippen molar-refractivity contribution in [3.63, 3.8) is 0 Å². The highest BCUT2D eigenvalue weighted by Gasteiger charge is 2.44.